The highest BCUT2D eigenvalue weighted by Crippen LogP contribution is 2.31. The number of hydrogen-bond donors (Lipinski definition) is 1. The molecule has 2 aromatic carbocycles. The van der Waals surface area contributed by atoms with E-state index in [1.54, 1.807) is 18.2 Å². The van der Waals surface area contributed by atoms with E-state index in [-0.39, 0.29) is 5.91 Å². The van der Waals surface area contributed by atoms with Crippen molar-refractivity contribution in [2.75, 3.05) is 5.32 Å². The Morgan fingerprint density at radius 2 is 2.00 bits per heavy atom. The minimum absolute atomic E-state index is 0.300. The Bertz CT molecular complexity index is 1040. The standard InChI is InChI=1S/C19H14Cl2N2O3/c1-10-6-11-7-12(8-15(21)18(11)25-10)22-19(24)17-9-16(23-26-17)13-4-2-3-5-14(13)20/h2-8,17H,9H2,1H3,(H,22,24)/t17-/m0/s1. The van der Waals surface area contributed by atoms with Gasteiger partial charge in [-0.3, -0.25) is 4.79 Å². The van der Waals surface area contributed by atoms with Crippen LogP contribution in [-0.4, -0.2) is 17.7 Å². The molecule has 3 aromatic rings. The number of oxime groups is 1. The average molecular weight is 389 g/mol. The van der Waals surface area contributed by atoms with Gasteiger partial charge in [-0.25, -0.2) is 0 Å². The normalized spacial score (nSPS) is 16.4. The molecule has 1 aliphatic rings. The molecule has 0 bridgehead atoms. The van der Waals surface area contributed by atoms with E-state index in [0.717, 1.165) is 16.7 Å². The molecular weight excluding hydrogens is 375 g/mol. The number of carbonyl (C=O) groups excluding carboxylic acids is 1. The van der Waals surface area contributed by atoms with Crippen LogP contribution in [0.25, 0.3) is 11.0 Å². The maximum atomic E-state index is 12.5. The van der Waals surface area contributed by atoms with Crippen molar-refractivity contribution < 1.29 is 14.0 Å². The molecule has 0 radical (unpaired) electrons. The van der Waals surface area contributed by atoms with Crippen molar-refractivity contribution in [2.24, 2.45) is 5.16 Å². The topological polar surface area (TPSA) is 63.8 Å². The van der Waals surface area contributed by atoms with E-state index in [9.17, 15) is 4.79 Å². The number of nitrogens with one attached hydrogen (secondary N) is 1. The molecule has 7 heteroatoms. The zero-order chi connectivity index (χ0) is 18.3. The van der Waals surface area contributed by atoms with Gasteiger partial charge < -0.3 is 14.6 Å². The highest BCUT2D eigenvalue weighted by atomic mass is 35.5. The molecule has 0 saturated carbocycles. The first-order valence-corrected chi connectivity index (χ1v) is 8.75. The maximum Gasteiger partial charge on any atom is 0.268 e. The summed E-state index contributed by atoms with van der Waals surface area (Å²) in [7, 11) is 0. The van der Waals surface area contributed by atoms with E-state index in [2.05, 4.69) is 10.5 Å². The van der Waals surface area contributed by atoms with Gasteiger partial charge in [0.05, 0.1) is 10.7 Å². The number of furan rings is 1. The molecule has 0 fully saturated rings. The monoisotopic (exact) mass is 388 g/mol. The molecule has 26 heavy (non-hydrogen) atoms. The Kier molecular flexibility index (Phi) is 4.34. The Morgan fingerprint density at radius 1 is 1.19 bits per heavy atom. The van der Waals surface area contributed by atoms with Crippen molar-refractivity contribution >= 4 is 51.5 Å². The van der Waals surface area contributed by atoms with Crippen molar-refractivity contribution in [1.29, 1.82) is 0 Å². The van der Waals surface area contributed by atoms with Gasteiger partial charge in [0.2, 0.25) is 6.10 Å². The van der Waals surface area contributed by atoms with Gasteiger partial charge in [-0.05, 0) is 31.2 Å². The van der Waals surface area contributed by atoms with Crippen molar-refractivity contribution in [1.82, 2.24) is 0 Å². The van der Waals surface area contributed by atoms with Crippen molar-refractivity contribution in [3.05, 3.63) is 63.8 Å². The zero-order valence-electron chi connectivity index (χ0n) is 13.8. The molecule has 2 heterocycles. The van der Waals surface area contributed by atoms with Crippen molar-refractivity contribution in [3.8, 4) is 0 Å². The first-order valence-electron chi connectivity index (χ1n) is 7.99. The van der Waals surface area contributed by atoms with Crippen LogP contribution in [0.1, 0.15) is 17.7 Å². The molecule has 0 spiro atoms. The molecule has 1 aliphatic heterocycles. The Hall–Kier alpha value is -2.50. The minimum atomic E-state index is -0.721. The summed E-state index contributed by atoms with van der Waals surface area (Å²) in [5.41, 5.74) is 2.59. The van der Waals surface area contributed by atoms with Crippen LogP contribution in [0.4, 0.5) is 5.69 Å². The minimum Gasteiger partial charge on any atom is -0.460 e. The third-order valence-corrected chi connectivity index (χ3v) is 4.72. The van der Waals surface area contributed by atoms with E-state index in [1.807, 2.05) is 31.2 Å². The van der Waals surface area contributed by atoms with E-state index >= 15 is 0 Å². The van der Waals surface area contributed by atoms with Gasteiger partial charge in [0.25, 0.3) is 5.91 Å². The summed E-state index contributed by atoms with van der Waals surface area (Å²) in [4.78, 5) is 17.8. The molecule has 1 atom stereocenters. The van der Waals surface area contributed by atoms with E-state index < -0.39 is 6.10 Å². The lowest BCUT2D eigenvalue weighted by Crippen LogP contribution is -2.28. The number of carbonyl (C=O) groups is 1. The second-order valence-electron chi connectivity index (χ2n) is 6.04. The SMILES string of the molecule is Cc1cc2cc(NC(=O)[C@@H]3CC(c4ccccc4Cl)=NO3)cc(Cl)c2o1. The summed E-state index contributed by atoms with van der Waals surface area (Å²) < 4.78 is 5.53. The number of amides is 1. The molecule has 0 unspecified atom stereocenters. The largest absolute Gasteiger partial charge is 0.460 e. The fourth-order valence-electron chi connectivity index (χ4n) is 2.91. The Labute approximate surface area is 159 Å². The van der Waals surface area contributed by atoms with E-state index in [0.29, 0.717) is 33.4 Å². The lowest BCUT2D eigenvalue weighted by atomic mass is 10.0. The van der Waals surface area contributed by atoms with Gasteiger partial charge in [-0.15, -0.1) is 0 Å². The third kappa shape index (κ3) is 3.16. The number of halogens is 2. The summed E-state index contributed by atoms with van der Waals surface area (Å²) in [5, 5.41) is 8.66. The van der Waals surface area contributed by atoms with Crippen LogP contribution in [0, 0.1) is 6.92 Å². The van der Waals surface area contributed by atoms with Crippen molar-refractivity contribution in [3.63, 3.8) is 0 Å². The summed E-state index contributed by atoms with van der Waals surface area (Å²) in [6.45, 7) is 1.84. The first kappa shape index (κ1) is 16.9. The summed E-state index contributed by atoms with van der Waals surface area (Å²) in [6.07, 6.45) is -0.377. The molecule has 1 N–H and O–H groups in total. The van der Waals surface area contributed by atoms with Gasteiger partial charge in [-0.1, -0.05) is 46.6 Å². The maximum absolute atomic E-state index is 12.5. The third-order valence-electron chi connectivity index (χ3n) is 4.11. The molecule has 1 amide bonds. The number of benzene rings is 2. The van der Waals surface area contributed by atoms with Gasteiger partial charge >= 0.3 is 0 Å². The summed E-state index contributed by atoms with van der Waals surface area (Å²) in [5.74, 6) is 0.453. The fourth-order valence-corrected chi connectivity index (χ4v) is 3.42. The van der Waals surface area contributed by atoms with Crippen LogP contribution in [0.2, 0.25) is 10.0 Å². The van der Waals surface area contributed by atoms with Crippen LogP contribution < -0.4 is 5.32 Å². The van der Waals surface area contributed by atoms with Crippen LogP contribution in [0.5, 0.6) is 0 Å². The first-order chi connectivity index (χ1) is 12.5. The predicted octanol–water partition coefficient (Wildman–Crippen LogP) is 5.18. The highest BCUT2D eigenvalue weighted by molar-refractivity contribution is 6.35. The number of nitrogens with zero attached hydrogens (tertiary/aromatic N) is 1. The average Bonchev–Trinajstić information content (AvgIpc) is 3.22. The molecule has 5 nitrogen and oxygen atoms in total. The smallest absolute Gasteiger partial charge is 0.268 e. The second-order valence-corrected chi connectivity index (χ2v) is 6.85. The van der Waals surface area contributed by atoms with E-state index in [1.165, 1.54) is 0 Å². The van der Waals surface area contributed by atoms with Gasteiger partial charge in [0, 0.05) is 28.1 Å². The Balaban J connectivity index is 1.49. The van der Waals surface area contributed by atoms with Gasteiger partial charge in [0.1, 0.15) is 5.76 Å². The molecule has 132 valence electrons. The van der Waals surface area contributed by atoms with Crippen LogP contribution in [0.15, 0.2) is 52.0 Å². The lowest BCUT2D eigenvalue weighted by molar-refractivity contribution is -0.125. The van der Waals surface area contributed by atoms with Gasteiger partial charge in [-0.2, -0.15) is 0 Å². The molecule has 0 aliphatic carbocycles. The number of rotatable bonds is 3. The van der Waals surface area contributed by atoms with Crippen LogP contribution >= 0.6 is 23.2 Å². The summed E-state index contributed by atoms with van der Waals surface area (Å²) >= 11 is 12.4. The Morgan fingerprint density at radius 3 is 2.81 bits per heavy atom. The molecular formula is C19H14Cl2N2O3. The number of anilines is 1. The fraction of sp³-hybridized carbons (Fsp3) is 0.158. The molecule has 1 aromatic heterocycles. The number of hydrogen-bond acceptors (Lipinski definition) is 4. The van der Waals surface area contributed by atoms with Gasteiger partial charge in [0.15, 0.2) is 5.58 Å². The quantitative estimate of drug-likeness (QED) is 0.671. The van der Waals surface area contributed by atoms with Crippen molar-refractivity contribution in [2.45, 2.75) is 19.4 Å². The van der Waals surface area contributed by atoms with Crippen LogP contribution in [0.3, 0.4) is 0 Å². The van der Waals surface area contributed by atoms with Crippen LogP contribution in [-0.2, 0) is 9.63 Å². The highest BCUT2D eigenvalue weighted by Gasteiger charge is 2.30. The second kappa shape index (κ2) is 6.67. The number of aryl methyl sites for hydroxylation is 1. The zero-order valence-corrected chi connectivity index (χ0v) is 15.3. The van der Waals surface area contributed by atoms with E-state index in [4.69, 9.17) is 32.5 Å². The number of fused-ring (bicyclic) bond motifs is 1. The summed E-state index contributed by atoms with van der Waals surface area (Å²) in [6, 6.07) is 12.6. The molecule has 0 saturated heterocycles. The lowest BCUT2D eigenvalue weighted by Gasteiger charge is -2.10. The predicted molar refractivity (Wildman–Crippen MR) is 102 cm³/mol. The molecule has 4 rings (SSSR count).